The van der Waals surface area contributed by atoms with Gasteiger partial charge in [-0.3, -0.25) is 4.68 Å². The monoisotopic (exact) mass is 287 g/mol. The van der Waals surface area contributed by atoms with Crippen molar-refractivity contribution >= 4 is 0 Å². The van der Waals surface area contributed by atoms with Gasteiger partial charge in [0.25, 0.3) is 0 Å². The molecule has 0 radical (unpaired) electrons. The van der Waals surface area contributed by atoms with E-state index in [9.17, 15) is 0 Å². The van der Waals surface area contributed by atoms with Gasteiger partial charge in [0, 0.05) is 19.3 Å². The second kappa shape index (κ2) is 5.66. The lowest BCUT2D eigenvalue weighted by Gasteiger charge is -2.22. The molecule has 5 heteroatoms. The minimum Gasteiger partial charge on any atom is -0.468 e. The summed E-state index contributed by atoms with van der Waals surface area (Å²) in [6, 6.07) is 3.89. The van der Waals surface area contributed by atoms with Crippen LogP contribution in [0.4, 0.5) is 0 Å². The molecule has 0 saturated heterocycles. The summed E-state index contributed by atoms with van der Waals surface area (Å²) < 4.78 is 13.3. The first kappa shape index (κ1) is 13.1. The van der Waals surface area contributed by atoms with Crippen LogP contribution in [-0.2, 0) is 24.2 Å². The third-order valence-electron chi connectivity index (χ3n) is 4.22. The van der Waals surface area contributed by atoms with Crippen molar-refractivity contribution in [1.82, 2.24) is 15.1 Å². The Morgan fingerprint density at radius 2 is 2.33 bits per heavy atom. The van der Waals surface area contributed by atoms with Gasteiger partial charge in [-0.25, -0.2) is 0 Å². The summed E-state index contributed by atoms with van der Waals surface area (Å²) in [6.45, 7) is 3.36. The lowest BCUT2D eigenvalue weighted by Crippen LogP contribution is -2.27. The van der Waals surface area contributed by atoms with Crippen LogP contribution in [0.15, 0.2) is 29.0 Å². The fraction of sp³-hybridized carbons (Fsp3) is 0.562. The molecule has 0 bridgehead atoms. The second-order valence-electron chi connectivity index (χ2n) is 6.02. The Hall–Kier alpha value is -1.59. The van der Waals surface area contributed by atoms with Crippen LogP contribution in [0.1, 0.15) is 36.0 Å². The van der Waals surface area contributed by atoms with Crippen molar-refractivity contribution in [3.8, 4) is 0 Å². The van der Waals surface area contributed by atoms with E-state index in [2.05, 4.69) is 16.2 Å². The molecule has 1 fully saturated rings. The zero-order chi connectivity index (χ0) is 14.1. The van der Waals surface area contributed by atoms with Gasteiger partial charge < -0.3 is 14.5 Å². The van der Waals surface area contributed by atoms with Gasteiger partial charge in [0.05, 0.1) is 25.1 Å². The summed E-state index contributed by atoms with van der Waals surface area (Å²) in [5.74, 6) is 1.80. The summed E-state index contributed by atoms with van der Waals surface area (Å²) in [7, 11) is 0. The maximum absolute atomic E-state index is 5.89. The van der Waals surface area contributed by atoms with Crippen LogP contribution < -0.4 is 5.32 Å². The van der Waals surface area contributed by atoms with Crippen LogP contribution in [-0.4, -0.2) is 22.9 Å². The maximum Gasteiger partial charge on any atom is 0.117 e. The molecule has 1 aliphatic heterocycles. The zero-order valence-corrected chi connectivity index (χ0v) is 12.1. The normalized spacial score (nSPS) is 21.4. The van der Waals surface area contributed by atoms with Gasteiger partial charge in [0.2, 0.25) is 0 Å². The number of aromatic nitrogens is 2. The average molecular weight is 287 g/mol. The molecule has 3 heterocycles. The van der Waals surface area contributed by atoms with Crippen molar-refractivity contribution in [2.75, 3.05) is 13.2 Å². The number of ether oxygens (including phenoxy) is 1. The van der Waals surface area contributed by atoms with E-state index in [-0.39, 0.29) is 6.10 Å². The van der Waals surface area contributed by atoms with Crippen molar-refractivity contribution in [2.24, 2.45) is 5.92 Å². The molecule has 0 spiro atoms. The SMILES string of the molecule is c1coc(CNCC2OCCc3cn(CC4CC4)nc32)c1. The fourth-order valence-electron chi connectivity index (χ4n) is 2.89. The second-order valence-corrected chi connectivity index (χ2v) is 6.02. The third kappa shape index (κ3) is 3.04. The summed E-state index contributed by atoms with van der Waals surface area (Å²) in [5, 5.41) is 8.15. The van der Waals surface area contributed by atoms with E-state index >= 15 is 0 Å². The van der Waals surface area contributed by atoms with Crippen molar-refractivity contribution in [3.63, 3.8) is 0 Å². The minimum absolute atomic E-state index is 0.0594. The van der Waals surface area contributed by atoms with Gasteiger partial charge >= 0.3 is 0 Å². The number of hydrogen-bond acceptors (Lipinski definition) is 4. The predicted molar refractivity (Wildman–Crippen MR) is 77.8 cm³/mol. The van der Waals surface area contributed by atoms with Crippen LogP contribution >= 0.6 is 0 Å². The van der Waals surface area contributed by atoms with Crippen LogP contribution in [0, 0.1) is 5.92 Å². The quantitative estimate of drug-likeness (QED) is 0.885. The molecule has 1 atom stereocenters. The standard InChI is InChI=1S/C16H21N3O2/c1-2-14(20-6-1)8-17-9-15-16-13(5-7-21-15)11-19(18-16)10-12-3-4-12/h1-2,6,11-12,15,17H,3-5,7-10H2. The Labute approximate surface area is 124 Å². The van der Waals surface area contributed by atoms with Gasteiger partial charge in [-0.05, 0) is 42.9 Å². The average Bonchev–Trinajstić information content (AvgIpc) is 3.00. The van der Waals surface area contributed by atoms with Crippen molar-refractivity contribution in [3.05, 3.63) is 41.6 Å². The highest BCUT2D eigenvalue weighted by Crippen LogP contribution is 2.32. The highest BCUT2D eigenvalue weighted by Gasteiger charge is 2.27. The molecule has 112 valence electrons. The van der Waals surface area contributed by atoms with E-state index in [4.69, 9.17) is 14.3 Å². The van der Waals surface area contributed by atoms with E-state index in [0.717, 1.165) is 50.0 Å². The number of nitrogens with zero attached hydrogens (tertiary/aromatic N) is 2. The Bertz CT molecular complexity index is 587. The van der Waals surface area contributed by atoms with E-state index < -0.39 is 0 Å². The number of hydrogen-bond donors (Lipinski definition) is 1. The highest BCUT2D eigenvalue weighted by molar-refractivity contribution is 5.22. The molecule has 2 aromatic heterocycles. The van der Waals surface area contributed by atoms with Crippen LogP contribution in [0.2, 0.25) is 0 Å². The van der Waals surface area contributed by atoms with E-state index in [1.807, 2.05) is 12.1 Å². The Morgan fingerprint density at radius 3 is 3.14 bits per heavy atom. The maximum atomic E-state index is 5.89. The molecule has 1 saturated carbocycles. The minimum atomic E-state index is 0.0594. The summed E-state index contributed by atoms with van der Waals surface area (Å²) in [4.78, 5) is 0. The summed E-state index contributed by atoms with van der Waals surface area (Å²) >= 11 is 0. The Morgan fingerprint density at radius 1 is 1.38 bits per heavy atom. The first-order chi connectivity index (χ1) is 10.4. The number of fused-ring (bicyclic) bond motifs is 1. The number of nitrogens with one attached hydrogen (secondary N) is 1. The molecule has 2 aromatic rings. The van der Waals surface area contributed by atoms with Crippen LogP contribution in [0.5, 0.6) is 0 Å². The molecule has 2 aliphatic rings. The lowest BCUT2D eigenvalue weighted by molar-refractivity contribution is 0.0390. The molecule has 0 amide bonds. The summed E-state index contributed by atoms with van der Waals surface area (Å²) in [5.41, 5.74) is 2.47. The van der Waals surface area contributed by atoms with E-state index in [1.54, 1.807) is 6.26 Å². The number of furan rings is 1. The van der Waals surface area contributed by atoms with Crippen molar-refractivity contribution in [1.29, 1.82) is 0 Å². The van der Waals surface area contributed by atoms with Gasteiger partial charge in [0.1, 0.15) is 11.9 Å². The van der Waals surface area contributed by atoms with Gasteiger partial charge in [-0.15, -0.1) is 0 Å². The molecule has 1 aliphatic carbocycles. The van der Waals surface area contributed by atoms with Gasteiger partial charge in [0.15, 0.2) is 0 Å². The van der Waals surface area contributed by atoms with Crippen molar-refractivity contribution < 1.29 is 9.15 Å². The molecule has 0 aromatic carbocycles. The molecule has 21 heavy (non-hydrogen) atoms. The smallest absolute Gasteiger partial charge is 0.117 e. The largest absolute Gasteiger partial charge is 0.468 e. The molecule has 5 nitrogen and oxygen atoms in total. The molecule has 1 N–H and O–H groups in total. The third-order valence-corrected chi connectivity index (χ3v) is 4.22. The lowest BCUT2D eigenvalue weighted by atomic mass is 10.1. The van der Waals surface area contributed by atoms with E-state index in [1.165, 1.54) is 18.4 Å². The first-order valence-electron chi connectivity index (χ1n) is 7.79. The first-order valence-corrected chi connectivity index (χ1v) is 7.79. The molecular formula is C16H21N3O2. The van der Waals surface area contributed by atoms with Crippen LogP contribution in [0.25, 0.3) is 0 Å². The Kier molecular flexibility index (Phi) is 3.53. The number of rotatable bonds is 6. The van der Waals surface area contributed by atoms with E-state index in [0.29, 0.717) is 0 Å². The van der Waals surface area contributed by atoms with Crippen molar-refractivity contribution in [2.45, 2.75) is 38.5 Å². The molecule has 4 rings (SSSR count). The van der Waals surface area contributed by atoms with Gasteiger partial charge in [-0.1, -0.05) is 0 Å². The molecule has 1 unspecified atom stereocenters. The fourth-order valence-corrected chi connectivity index (χ4v) is 2.89. The Balaban J connectivity index is 1.38. The summed E-state index contributed by atoms with van der Waals surface area (Å²) in [6.07, 6.45) is 7.67. The zero-order valence-electron chi connectivity index (χ0n) is 12.1. The highest BCUT2D eigenvalue weighted by atomic mass is 16.5. The van der Waals surface area contributed by atoms with Crippen LogP contribution in [0.3, 0.4) is 0 Å². The topological polar surface area (TPSA) is 52.2 Å². The molecular weight excluding hydrogens is 266 g/mol. The van der Waals surface area contributed by atoms with Gasteiger partial charge in [-0.2, -0.15) is 5.10 Å². The predicted octanol–water partition coefficient (Wildman–Crippen LogP) is 2.29.